The summed E-state index contributed by atoms with van der Waals surface area (Å²) in [7, 11) is 1.98. The highest BCUT2D eigenvalue weighted by atomic mass is 16.5. The number of aromatic nitrogens is 4. The number of ether oxygens (including phenoxy) is 1. The second kappa shape index (κ2) is 8.14. The van der Waals surface area contributed by atoms with Crippen molar-refractivity contribution in [1.82, 2.24) is 25.0 Å². The second-order valence-corrected chi connectivity index (χ2v) is 6.61. The molecule has 8 heteroatoms. The van der Waals surface area contributed by atoms with E-state index in [1.807, 2.05) is 54.1 Å². The predicted molar refractivity (Wildman–Crippen MR) is 107 cm³/mol. The van der Waals surface area contributed by atoms with Crippen LogP contribution >= 0.6 is 0 Å². The van der Waals surface area contributed by atoms with Gasteiger partial charge in [0.1, 0.15) is 11.6 Å². The molecule has 0 bridgehead atoms. The van der Waals surface area contributed by atoms with E-state index in [0.29, 0.717) is 36.0 Å². The van der Waals surface area contributed by atoms with Crippen molar-refractivity contribution in [2.45, 2.75) is 13.3 Å². The number of nitrogens with one attached hydrogen (secondary N) is 1. The number of rotatable bonds is 7. The third-order valence-electron chi connectivity index (χ3n) is 4.55. The zero-order valence-electron chi connectivity index (χ0n) is 16.3. The summed E-state index contributed by atoms with van der Waals surface area (Å²) in [6.07, 6.45) is 0.634. The molecule has 2 aromatic heterocycles. The Morgan fingerprint density at radius 1 is 1.14 bits per heavy atom. The van der Waals surface area contributed by atoms with Gasteiger partial charge in [-0.3, -0.25) is 4.79 Å². The highest BCUT2D eigenvalue weighted by Gasteiger charge is 2.14. The van der Waals surface area contributed by atoms with Crippen LogP contribution in [-0.2, 0) is 18.3 Å². The Hall–Kier alpha value is -3.68. The van der Waals surface area contributed by atoms with Crippen molar-refractivity contribution in [3.63, 3.8) is 0 Å². The van der Waals surface area contributed by atoms with E-state index in [2.05, 4.69) is 20.4 Å². The van der Waals surface area contributed by atoms with Crippen LogP contribution in [-0.4, -0.2) is 38.8 Å². The zero-order chi connectivity index (χ0) is 20.2. The van der Waals surface area contributed by atoms with Gasteiger partial charge in [0.2, 0.25) is 0 Å². The molecular formula is C21H21N5O3. The molecule has 1 N–H and O–H groups in total. The molecule has 1 amide bonds. The van der Waals surface area contributed by atoms with Crippen LogP contribution in [0.25, 0.3) is 22.5 Å². The van der Waals surface area contributed by atoms with Gasteiger partial charge in [0.25, 0.3) is 11.8 Å². The number of hydrogen-bond donors (Lipinski definition) is 1. The average molecular weight is 391 g/mol. The summed E-state index contributed by atoms with van der Waals surface area (Å²) in [6.45, 7) is 2.12. The van der Waals surface area contributed by atoms with Gasteiger partial charge in [-0.2, -0.15) is 4.98 Å². The van der Waals surface area contributed by atoms with E-state index >= 15 is 0 Å². The first-order valence-corrected chi connectivity index (χ1v) is 9.31. The molecule has 8 nitrogen and oxygen atoms in total. The van der Waals surface area contributed by atoms with Crippen LogP contribution in [0.1, 0.15) is 11.6 Å². The molecule has 2 heterocycles. The monoisotopic (exact) mass is 391 g/mol. The first kappa shape index (κ1) is 18.7. The highest BCUT2D eigenvalue weighted by molar-refractivity contribution is 5.78. The number of aryl methyl sites for hydroxylation is 2. The SMILES string of the molecule is Cc1noc(-c2ccccc2OCC(=O)NCCc2nc3ccccc3n2C)n1. The molecule has 2 aromatic carbocycles. The summed E-state index contributed by atoms with van der Waals surface area (Å²) in [5, 5.41) is 6.66. The Labute approximate surface area is 167 Å². The van der Waals surface area contributed by atoms with Crippen molar-refractivity contribution in [1.29, 1.82) is 0 Å². The van der Waals surface area contributed by atoms with Crippen molar-refractivity contribution < 1.29 is 14.1 Å². The first-order chi connectivity index (χ1) is 14.1. The number of nitrogens with zero attached hydrogens (tertiary/aromatic N) is 4. The molecule has 0 aliphatic carbocycles. The summed E-state index contributed by atoms with van der Waals surface area (Å²) >= 11 is 0. The molecule has 0 radical (unpaired) electrons. The standard InChI is InChI=1S/C21H21N5O3/c1-14-23-21(29-25-14)15-7-3-6-10-18(15)28-13-20(27)22-12-11-19-24-16-8-4-5-9-17(16)26(19)2/h3-10H,11-13H2,1-2H3,(H,22,27). The van der Waals surface area contributed by atoms with Crippen molar-refractivity contribution in [2.75, 3.05) is 13.2 Å². The minimum Gasteiger partial charge on any atom is -0.483 e. The number of para-hydroxylation sites is 3. The zero-order valence-corrected chi connectivity index (χ0v) is 16.3. The molecule has 4 rings (SSSR count). The van der Waals surface area contributed by atoms with Crippen molar-refractivity contribution in [3.05, 3.63) is 60.2 Å². The van der Waals surface area contributed by atoms with E-state index in [1.54, 1.807) is 13.0 Å². The summed E-state index contributed by atoms with van der Waals surface area (Å²) in [4.78, 5) is 21.0. The number of carbonyl (C=O) groups is 1. The second-order valence-electron chi connectivity index (χ2n) is 6.61. The van der Waals surface area contributed by atoms with E-state index in [4.69, 9.17) is 9.26 Å². The molecule has 0 aliphatic rings. The smallest absolute Gasteiger partial charge is 0.261 e. The van der Waals surface area contributed by atoms with Gasteiger partial charge in [-0.05, 0) is 31.2 Å². The fraction of sp³-hybridized carbons (Fsp3) is 0.238. The van der Waals surface area contributed by atoms with Crippen LogP contribution in [0.3, 0.4) is 0 Å². The minimum atomic E-state index is -0.208. The van der Waals surface area contributed by atoms with Gasteiger partial charge in [0.05, 0.1) is 16.6 Å². The molecule has 0 saturated carbocycles. The van der Waals surface area contributed by atoms with Crippen LogP contribution in [0.2, 0.25) is 0 Å². The lowest BCUT2D eigenvalue weighted by molar-refractivity contribution is -0.123. The number of imidazole rings is 1. The molecule has 29 heavy (non-hydrogen) atoms. The van der Waals surface area contributed by atoms with Crippen LogP contribution in [0, 0.1) is 6.92 Å². The molecule has 4 aromatic rings. The quantitative estimate of drug-likeness (QED) is 0.520. The molecule has 0 unspecified atom stereocenters. The number of benzene rings is 2. The number of carbonyl (C=O) groups excluding carboxylic acids is 1. The van der Waals surface area contributed by atoms with Gasteiger partial charge in [-0.15, -0.1) is 0 Å². The van der Waals surface area contributed by atoms with E-state index in [1.165, 1.54) is 0 Å². The largest absolute Gasteiger partial charge is 0.483 e. The molecule has 0 spiro atoms. The summed E-state index contributed by atoms with van der Waals surface area (Å²) < 4.78 is 12.9. The summed E-state index contributed by atoms with van der Waals surface area (Å²) in [5.41, 5.74) is 2.68. The third kappa shape index (κ3) is 4.11. The van der Waals surface area contributed by atoms with E-state index < -0.39 is 0 Å². The number of fused-ring (bicyclic) bond motifs is 1. The summed E-state index contributed by atoms with van der Waals surface area (Å²) in [6, 6.07) is 15.2. The lowest BCUT2D eigenvalue weighted by atomic mass is 10.2. The van der Waals surface area contributed by atoms with Gasteiger partial charge in [-0.1, -0.05) is 29.4 Å². The fourth-order valence-electron chi connectivity index (χ4n) is 3.10. The lowest BCUT2D eigenvalue weighted by Crippen LogP contribution is -2.31. The highest BCUT2D eigenvalue weighted by Crippen LogP contribution is 2.28. The van der Waals surface area contributed by atoms with Gasteiger partial charge in [0.15, 0.2) is 12.4 Å². The Balaban J connectivity index is 1.32. The molecule has 0 fully saturated rings. The Bertz CT molecular complexity index is 1150. The molecule has 0 saturated heterocycles. The van der Waals surface area contributed by atoms with Crippen molar-refractivity contribution in [2.24, 2.45) is 7.05 Å². The maximum Gasteiger partial charge on any atom is 0.261 e. The maximum absolute atomic E-state index is 12.2. The Morgan fingerprint density at radius 3 is 2.72 bits per heavy atom. The Kier molecular flexibility index (Phi) is 5.24. The normalized spacial score (nSPS) is 11.0. The van der Waals surface area contributed by atoms with Crippen LogP contribution in [0.5, 0.6) is 5.75 Å². The predicted octanol–water partition coefficient (Wildman–Crippen LogP) is 2.67. The van der Waals surface area contributed by atoms with Crippen molar-refractivity contribution >= 4 is 16.9 Å². The third-order valence-corrected chi connectivity index (χ3v) is 4.55. The van der Waals surface area contributed by atoms with E-state index in [0.717, 1.165) is 16.9 Å². The molecule has 0 atom stereocenters. The van der Waals surface area contributed by atoms with Gasteiger partial charge >= 0.3 is 0 Å². The van der Waals surface area contributed by atoms with Crippen LogP contribution in [0.4, 0.5) is 0 Å². The lowest BCUT2D eigenvalue weighted by Gasteiger charge is -2.09. The van der Waals surface area contributed by atoms with E-state index in [9.17, 15) is 4.79 Å². The molecule has 0 aliphatic heterocycles. The number of hydrogen-bond acceptors (Lipinski definition) is 6. The number of amides is 1. The van der Waals surface area contributed by atoms with Gasteiger partial charge in [0, 0.05) is 20.0 Å². The van der Waals surface area contributed by atoms with Crippen LogP contribution < -0.4 is 10.1 Å². The minimum absolute atomic E-state index is 0.104. The van der Waals surface area contributed by atoms with Gasteiger partial charge in [-0.25, -0.2) is 4.98 Å². The fourth-order valence-corrected chi connectivity index (χ4v) is 3.10. The van der Waals surface area contributed by atoms with Crippen molar-refractivity contribution in [3.8, 4) is 17.2 Å². The van der Waals surface area contributed by atoms with Gasteiger partial charge < -0.3 is 19.1 Å². The molecule has 148 valence electrons. The maximum atomic E-state index is 12.2. The Morgan fingerprint density at radius 2 is 1.93 bits per heavy atom. The topological polar surface area (TPSA) is 95.1 Å². The first-order valence-electron chi connectivity index (χ1n) is 9.31. The molecular weight excluding hydrogens is 370 g/mol. The average Bonchev–Trinajstić information content (AvgIpc) is 3.30. The van der Waals surface area contributed by atoms with Crippen LogP contribution in [0.15, 0.2) is 53.1 Å². The summed E-state index contributed by atoms with van der Waals surface area (Å²) in [5.74, 6) is 2.13. The van der Waals surface area contributed by atoms with E-state index in [-0.39, 0.29) is 12.5 Å².